The first-order valence-corrected chi connectivity index (χ1v) is 6.24. The van der Waals surface area contributed by atoms with Gasteiger partial charge in [0.25, 0.3) is 0 Å². The normalized spacial score (nSPS) is 17.4. The summed E-state index contributed by atoms with van der Waals surface area (Å²) in [5, 5.41) is 0. The Kier molecular flexibility index (Phi) is 6.16. The van der Waals surface area contributed by atoms with E-state index in [9.17, 15) is 4.79 Å². The minimum Gasteiger partial charge on any atom is -0.377 e. The topological polar surface area (TPSA) is 29.5 Å². The molecule has 0 radical (unpaired) electrons. The molecule has 0 aromatic heterocycles. The molecule has 0 aromatic rings. The smallest absolute Gasteiger partial charge is 0.222 e. The van der Waals surface area contributed by atoms with Crippen molar-refractivity contribution in [1.29, 1.82) is 0 Å². The third-order valence-corrected chi connectivity index (χ3v) is 3.02. The first kappa shape index (κ1) is 13.2. The lowest BCUT2D eigenvalue weighted by Gasteiger charge is -2.31. The zero-order valence-electron chi connectivity index (χ0n) is 10.3. The Bertz CT molecular complexity index is 220. The Labute approximate surface area is 98.5 Å². The van der Waals surface area contributed by atoms with Gasteiger partial charge >= 0.3 is 0 Å². The van der Waals surface area contributed by atoms with Crippen LogP contribution in [0, 0.1) is 5.92 Å². The van der Waals surface area contributed by atoms with Crippen molar-refractivity contribution >= 4 is 5.91 Å². The van der Waals surface area contributed by atoms with E-state index in [1.54, 1.807) is 6.08 Å². The number of likely N-dealkylation sites (tertiary alicyclic amines) is 1. The van der Waals surface area contributed by atoms with E-state index in [1.165, 1.54) is 0 Å². The highest BCUT2D eigenvalue weighted by Gasteiger charge is 2.21. The van der Waals surface area contributed by atoms with Crippen LogP contribution in [0.4, 0.5) is 0 Å². The molecule has 1 aliphatic heterocycles. The molecule has 0 spiro atoms. The molecule has 1 heterocycles. The molecular formula is C13H23NO2. The van der Waals surface area contributed by atoms with Gasteiger partial charge in [0.2, 0.25) is 5.91 Å². The molecule has 3 nitrogen and oxygen atoms in total. The fourth-order valence-electron chi connectivity index (χ4n) is 2.04. The summed E-state index contributed by atoms with van der Waals surface area (Å²) in [5.41, 5.74) is 0. The number of hydrogen-bond donors (Lipinski definition) is 0. The summed E-state index contributed by atoms with van der Waals surface area (Å²) >= 11 is 0. The van der Waals surface area contributed by atoms with Gasteiger partial charge in [-0.1, -0.05) is 13.0 Å². The van der Waals surface area contributed by atoms with Crippen LogP contribution in [-0.4, -0.2) is 37.1 Å². The van der Waals surface area contributed by atoms with Gasteiger partial charge in [0.05, 0.1) is 6.61 Å². The number of carbonyl (C=O) groups is 1. The molecular weight excluding hydrogens is 202 g/mol. The van der Waals surface area contributed by atoms with Crippen molar-refractivity contribution in [2.75, 3.05) is 26.3 Å². The molecule has 0 bridgehead atoms. The first-order chi connectivity index (χ1) is 7.77. The van der Waals surface area contributed by atoms with Gasteiger partial charge in [-0.3, -0.25) is 4.79 Å². The summed E-state index contributed by atoms with van der Waals surface area (Å²) in [5.74, 6) is 0.929. The van der Waals surface area contributed by atoms with Crippen LogP contribution < -0.4 is 0 Å². The number of amides is 1. The number of ether oxygens (including phenoxy) is 1. The Morgan fingerprint density at radius 2 is 2.19 bits per heavy atom. The van der Waals surface area contributed by atoms with Crippen LogP contribution >= 0.6 is 0 Å². The SMILES string of the molecule is C=CCOCC1CCN(C(=O)CCC)CC1. The second-order valence-electron chi connectivity index (χ2n) is 4.40. The standard InChI is InChI=1S/C13H23NO2/c1-3-5-13(15)14-8-6-12(7-9-14)11-16-10-4-2/h4,12H,2-3,5-11H2,1H3. The van der Waals surface area contributed by atoms with Gasteiger partial charge in [0.15, 0.2) is 0 Å². The lowest BCUT2D eigenvalue weighted by molar-refractivity contribution is -0.132. The molecule has 1 fully saturated rings. The van der Waals surface area contributed by atoms with Crippen molar-refractivity contribution in [3.8, 4) is 0 Å². The van der Waals surface area contributed by atoms with E-state index in [2.05, 4.69) is 6.58 Å². The predicted octanol–water partition coefficient (Wildman–Crippen LogP) is 2.23. The minimum absolute atomic E-state index is 0.313. The van der Waals surface area contributed by atoms with E-state index in [4.69, 9.17) is 4.74 Å². The van der Waals surface area contributed by atoms with Crippen molar-refractivity contribution in [3.05, 3.63) is 12.7 Å². The summed E-state index contributed by atoms with van der Waals surface area (Å²) in [6, 6.07) is 0. The van der Waals surface area contributed by atoms with Crippen molar-refractivity contribution in [3.63, 3.8) is 0 Å². The average Bonchev–Trinajstić information content (AvgIpc) is 2.30. The van der Waals surface area contributed by atoms with Crippen molar-refractivity contribution in [1.82, 2.24) is 4.90 Å². The van der Waals surface area contributed by atoms with Crippen LogP contribution in [0.3, 0.4) is 0 Å². The lowest BCUT2D eigenvalue weighted by Crippen LogP contribution is -2.39. The number of rotatable bonds is 6. The largest absolute Gasteiger partial charge is 0.377 e. The Morgan fingerprint density at radius 3 is 2.75 bits per heavy atom. The van der Waals surface area contributed by atoms with Crippen LogP contribution in [0.5, 0.6) is 0 Å². The van der Waals surface area contributed by atoms with Crippen LogP contribution in [0.1, 0.15) is 32.6 Å². The van der Waals surface area contributed by atoms with Crippen LogP contribution in [0.15, 0.2) is 12.7 Å². The fourth-order valence-corrected chi connectivity index (χ4v) is 2.04. The Morgan fingerprint density at radius 1 is 1.50 bits per heavy atom. The Hall–Kier alpha value is -0.830. The van der Waals surface area contributed by atoms with E-state index < -0.39 is 0 Å². The molecule has 92 valence electrons. The second kappa shape index (κ2) is 7.44. The molecule has 1 amide bonds. The number of hydrogen-bond acceptors (Lipinski definition) is 2. The molecule has 0 atom stereocenters. The van der Waals surface area contributed by atoms with Crippen molar-refractivity contribution in [2.24, 2.45) is 5.92 Å². The van der Waals surface area contributed by atoms with Crippen molar-refractivity contribution in [2.45, 2.75) is 32.6 Å². The first-order valence-electron chi connectivity index (χ1n) is 6.24. The molecule has 16 heavy (non-hydrogen) atoms. The summed E-state index contributed by atoms with van der Waals surface area (Å²) < 4.78 is 5.44. The van der Waals surface area contributed by atoms with Gasteiger partial charge in [0.1, 0.15) is 0 Å². The number of carbonyl (C=O) groups excluding carboxylic acids is 1. The van der Waals surface area contributed by atoms with E-state index >= 15 is 0 Å². The van der Waals surface area contributed by atoms with Crippen LogP contribution in [0.2, 0.25) is 0 Å². The third kappa shape index (κ3) is 4.35. The van der Waals surface area contributed by atoms with Gasteiger partial charge < -0.3 is 9.64 Å². The lowest BCUT2D eigenvalue weighted by atomic mass is 9.97. The van der Waals surface area contributed by atoms with E-state index in [0.717, 1.165) is 39.0 Å². The van der Waals surface area contributed by atoms with Gasteiger partial charge in [-0.2, -0.15) is 0 Å². The maximum Gasteiger partial charge on any atom is 0.222 e. The monoisotopic (exact) mass is 225 g/mol. The van der Waals surface area contributed by atoms with E-state index in [0.29, 0.717) is 24.9 Å². The van der Waals surface area contributed by atoms with Gasteiger partial charge in [-0.25, -0.2) is 0 Å². The molecule has 0 unspecified atom stereocenters. The average molecular weight is 225 g/mol. The summed E-state index contributed by atoms with van der Waals surface area (Å²) in [7, 11) is 0. The fraction of sp³-hybridized carbons (Fsp3) is 0.769. The van der Waals surface area contributed by atoms with Crippen molar-refractivity contribution < 1.29 is 9.53 Å². The zero-order valence-corrected chi connectivity index (χ0v) is 10.3. The third-order valence-electron chi connectivity index (χ3n) is 3.02. The van der Waals surface area contributed by atoms with Crippen LogP contribution in [-0.2, 0) is 9.53 Å². The van der Waals surface area contributed by atoms with Gasteiger partial charge in [0, 0.05) is 26.1 Å². The molecule has 0 N–H and O–H groups in total. The van der Waals surface area contributed by atoms with E-state index in [-0.39, 0.29) is 0 Å². The zero-order chi connectivity index (χ0) is 11.8. The van der Waals surface area contributed by atoms with Crippen LogP contribution in [0.25, 0.3) is 0 Å². The molecule has 1 saturated heterocycles. The highest BCUT2D eigenvalue weighted by atomic mass is 16.5. The quantitative estimate of drug-likeness (QED) is 0.512. The van der Waals surface area contributed by atoms with Gasteiger partial charge in [-0.05, 0) is 25.2 Å². The molecule has 1 rings (SSSR count). The van der Waals surface area contributed by atoms with E-state index in [1.807, 2.05) is 11.8 Å². The maximum atomic E-state index is 11.6. The molecule has 0 aromatic carbocycles. The highest BCUT2D eigenvalue weighted by molar-refractivity contribution is 5.76. The molecule has 1 aliphatic rings. The minimum atomic E-state index is 0.313. The molecule has 0 saturated carbocycles. The maximum absolute atomic E-state index is 11.6. The summed E-state index contributed by atoms with van der Waals surface area (Å²) in [4.78, 5) is 13.6. The molecule has 3 heteroatoms. The Balaban J connectivity index is 2.17. The highest BCUT2D eigenvalue weighted by Crippen LogP contribution is 2.18. The predicted molar refractivity (Wildman–Crippen MR) is 65.2 cm³/mol. The second-order valence-corrected chi connectivity index (χ2v) is 4.40. The summed E-state index contributed by atoms with van der Waals surface area (Å²) in [6.07, 6.45) is 5.57. The number of nitrogens with zero attached hydrogens (tertiary/aromatic N) is 1. The number of piperidine rings is 1. The molecule has 0 aliphatic carbocycles. The summed E-state index contributed by atoms with van der Waals surface area (Å²) in [6.45, 7) is 8.92. The van der Waals surface area contributed by atoms with Gasteiger partial charge in [-0.15, -0.1) is 6.58 Å².